The van der Waals surface area contributed by atoms with Gasteiger partial charge in [-0.3, -0.25) is 0 Å². The van der Waals surface area contributed by atoms with E-state index in [0.717, 1.165) is 12.1 Å². The molecular weight excluding hydrogens is 259 g/mol. The number of aliphatic hydroxyl groups is 1. The number of aliphatic hydroxyl groups excluding tert-OH is 1. The molecule has 0 fully saturated rings. The molecule has 0 aliphatic rings. The fraction of sp³-hybridized carbons (Fsp3) is 0.154. The van der Waals surface area contributed by atoms with Gasteiger partial charge in [-0.2, -0.15) is 13.2 Å². The highest BCUT2D eigenvalue weighted by atomic mass is 19.4. The Hall–Kier alpha value is -2.08. The van der Waals surface area contributed by atoms with Crippen LogP contribution < -0.4 is 4.74 Å². The topological polar surface area (TPSA) is 42.4 Å². The number of alkyl halides is 3. The van der Waals surface area contributed by atoms with Crippen LogP contribution in [0.15, 0.2) is 42.5 Å². The van der Waals surface area contributed by atoms with Crippen LogP contribution in [0.4, 0.5) is 13.2 Å². The van der Waals surface area contributed by atoms with Gasteiger partial charge >= 0.3 is 6.18 Å². The van der Waals surface area contributed by atoms with Crippen LogP contribution in [0.3, 0.4) is 0 Å². The highest BCUT2D eigenvalue weighted by Crippen LogP contribution is 2.32. The molecule has 1 aromatic carbocycles. The smallest absolute Gasteiger partial charge is 0.416 e. The van der Waals surface area contributed by atoms with E-state index < -0.39 is 11.7 Å². The first kappa shape index (κ1) is 13.4. The van der Waals surface area contributed by atoms with Crippen molar-refractivity contribution in [2.24, 2.45) is 0 Å². The first-order valence-electron chi connectivity index (χ1n) is 5.41. The molecule has 1 heterocycles. The minimum atomic E-state index is -4.42. The second-order valence-corrected chi connectivity index (χ2v) is 3.75. The SMILES string of the molecule is OCc1cccc(Oc2cccc(C(F)(F)F)c2)n1. The molecule has 100 valence electrons. The lowest BCUT2D eigenvalue weighted by atomic mass is 10.2. The lowest BCUT2D eigenvalue weighted by Crippen LogP contribution is -2.04. The average Bonchev–Trinajstić information content (AvgIpc) is 2.38. The first-order valence-corrected chi connectivity index (χ1v) is 5.41. The van der Waals surface area contributed by atoms with Gasteiger partial charge in [-0.15, -0.1) is 0 Å². The van der Waals surface area contributed by atoms with E-state index in [1.807, 2.05) is 0 Å². The Morgan fingerprint density at radius 2 is 1.84 bits per heavy atom. The largest absolute Gasteiger partial charge is 0.439 e. The van der Waals surface area contributed by atoms with Crippen molar-refractivity contribution >= 4 is 0 Å². The maximum atomic E-state index is 12.5. The van der Waals surface area contributed by atoms with E-state index in [2.05, 4.69) is 4.98 Å². The summed E-state index contributed by atoms with van der Waals surface area (Å²) in [6.07, 6.45) is -4.42. The van der Waals surface area contributed by atoms with Gasteiger partial charge in [0.05, 0.1) is 17.9 Å². The lowest BCUT2D eigenvalue weighted by molar-refractivity contribution is -0.137. The molecule has 0 spiro atoms. The van der Waals surface area contributed by atoms with Gasteiger partial charge < -0.3 is 9.84 Å². The number of nitrogens with zero attached hydrogens (tertiary/aromatic N) is 1. The molecule has 3 nitrogen and oxygen atoms in total. The highest BCUT2D eigenvalue weighted by Gasteiger charge is 2.30. The van der Waals surface area contributed by atoms with Crippen molar-refractivity contribution in [2.75, 3.05) is 0 Å². The predicted molar refractivity (Wildman–Crippen MR) is 61.7 cm³/mol. The van der Waals surface area contributed by atoms with E-state index in [0.29, 0.717) is 5.69 Å². The van der Waals surface area contributed by atoms with E-state index in [9.17, 15) is 13.2 Å². The molecule has 0 bridgehead atoms. The van der Waals surface area contributed by atoms with E-state index in [4.69, 9.17) is 9.84 Å². The normalized spacial score (nSPS) is 11.4. The Morgan fingerprint density at radius 3 is 2.53 bits per heavy atom. The second-order valence-electron chi connectivity index (χ2n) is 3.75. The van der Waals surface area contributed by atoms with Crippen LogP contribution in [0.25, 0.3) is 0 Å². The van der Waals surface area contributed by atoms with Gasteiger partial charge in [0.2, 0.25) is 5.88 Å². The fourth-order valence-electron chi connectivity index (χ4n) is 1.46. The first-order chi connectivity index (χ1) is 8.99. The number of halogens is 3. The number of hydrogen-bond acceptors (Lipinski definition) is 3. The summed E-state index contributed by atoms with van der Waals surface area (Å²) in [6, 6.07) is 9.20. The number of rotatable bonds is 3. The minimum absolute atomic E-state index is 0.0393. The Bertz CT molecular complexity index is 570. The molecule has 2 rings (SSSR count). The second kappa shape index (κ2) is 5.27. The summed E-state index contributed by atoms with van der Waals surface area (Å²) in [7, 11) is 0. The van der Waals surface area contributed by atoms with Crippen molar-refractivity contribution in [3.05, 3.63) is 53.7 Å². The van der Waals surface area contributed by atoms with Gasteiger partial charge in [0.25, 0.3) is 0 Å². The molecule has 0 aliphatic heterocycles. The maximum absolute atomic E-state index is 12.5. The van der Waals surface area contributed by atoms with Crippen molar-refractivity contribution in [3.8, 4) is 11.6 Å². The Balaban J connectivity index is 2.23. The zero-order valence-electron chi connectivity index (χ0n) is 9.69. The quantitative estimate of drug-likeness (QED) is 0.928. The standard InChI is InChI=1S/C13H10F3NO2/c14-13(15,16)9-3-1-5-11(7-9)19-12-6-2-4-10(8-18)17-12/h1-7,18H,8H2. The van der Waals surface area contributed by atoms with E-state index in [1.54, 1.807) is 12.1 Å². The zero-order chi connectivity index (χ0) is 13.9. The third-order valence-corrected chi connectivity index (χ3v) is 2.33. The Morgan fingerprint density at radius 1 is 1.11 bits per heavy atom. The van der Waals surface area contributed by atoms with Crippen molar-refractivity contribution < 1.29 is 23.0 Å². The summed E-state index contributed by atoms with van der Waals surface area (Å²) in [5.41, 5.74) is -0.409. The molecule has 2 aromatic rings. The summed E-state index contributed by atoms with van der Waals surface area (Å²) >= 11 is 0. The van der Waals surface area contributed by atoms with E-state index in [1.165, 1.54) is 18.2 Å². The summed E-state index contributed by atoms with van der Waals surface area (Å²) < 4.78 is 42.8. The van der Waals surface area contributed by atoms with Gasteiger partial charge in [0, 0.05) is 6.07 Å². The molecule has 19 heavy (non-hydrogen) atoms. The van der Waals surface area contributed by atoms with Crippen molar-refractivity contribution in [1.82, 2.24) is 4.98 Å². The number of hydrogen-bond donors (Lipinski definition) is 1. The Labute approximate surface area is 107 Å². The fourth-order valence-corrected chi connectivity index (χ4v) is 1.46. The number of aromatic nitrogens is 1. The summed E-state index contributed by atoms with van der Waals surface area (Å²) in [5.74, 6) is 0.170. The average molecular weight is 269 g/mol. The summed E-state index contributed by atoms with van der Waals surface area (Å²) in [4.78, 5) is 3.92. The number of ether oxygens (including phenoxy) is 1. The van der Waals surface area contributed by atoms with Gasteiger partial charge in [0.1, 0.15) is 5.75 Å². The van der Waals surface area contributed by atoms with Gasteiger partial charge in [-0.25, -0.2) is 4.98 Å². The summed E-state index contributed by atoms with van der Waals surface area (Å²) in [5, 5.41) is 8.91. The molecule has 0 aliphatic carbocycles. The zero-order valence-corrected chi connectivity index (χ0v) is 9.69. The van der Waals surface area contributed by atoms with Crippen molar-refractivity contribution in [3.63, 3.8) is 0 Å². The molecule has 0 saturated heterocycles. The van der Waals surface area contributed by atoms with Gasteiger partial charge in [0.15, 0.2) is 0 Å². The molecule has 0 amide bonds. The molecule has 0 saturated carbocycles. The molecule has 0 atom stereocenters. The number of benzene rings is 1. The molecule has 1 N–H and O–H groups in total. The van der Waals surface area contributed by atoms with E-state index >= 15 is 0 Å². The third-order valence-electron chi connectivity index (χ3n) is 2.33. The monoisotopic (exact) mass is 269 g/mol. The Kier molecular flexibility index (Phi) is 3.71. The van der Waals surface area contributed by atoms with Crippen LogP contribution in [0.2, 0.25) is 0 Å². The van der Waals surface area contributed by atoms with Gasteiger partial charge in [-0.1, -0.05) is 12.1 Å². The highest BCUT2D eigenvalue weighted by molar-refractivity contribution is 5.33. The van der Waals surface area contributed by atoms with Crippen LogP contribution in [-0.4, -0.2) is 10.1 Å². The van der Waals surface area contributed by atoms with Crippen LogP contribution in [0.1, 0.15) is 11.3 Å². The third kappa shape index (κ3) is 3.45. The van der Waals surface area contributed by atoms with Crippen LogP contribution in [-0.2, 0) is 12.8 Å². The molecule has 0 unspecified atom stereocenters. The van der Waals surface area contributed by atoms with Crippen molar-refractivity contribution in [2.45, 2.75) is 12.8 Å². The molecule has 0 radical (unpaired) electrons. The van der Waals surface area contributed by atoms with Gasteiger partial charge in [-0.05, 0) is 24.3 Å². The predicted octanol–water partition coefficient (Wildman–Crippen LogP) is 3.39. The summed E-state index contributed by atoms with van der Waals surface area (Å²) in [6.45, 7) is -0.264. The molecular formula is C13H10F3NO2. The number of pyridine rings is 1. The van der Waals surface area contributed by atoms with Crippen LogP contribution in [0.5, 0.6) is 11.6 Å². The minimum Gasteiger partial charge on any atom is -0.439 e. The maximum Gasteiger partial charge on any atom is 0.416 e. The molecule has 6 heteroatoms. The van der Waals surface area contributed by atoms with Crippen LogP contribution >= 0.6 is 0 Å². The lowest BCUT2D eigenvalue weighted by Gasteiger charge is -2.09. The van der Waals surface area contributed by atoms with Crippen molar-refractivity contribution in [1.29, 1.82) is 0 Å². The van der Waals surface area contributed by atoms with Crippen LogP contribution in [0, 0.1) is 0 Å². The van der Waals surface area contributed by atoms with E-state index in [-0.39, 0.29) is 18.2 Å². The molecule has 1 aromatic heterocycles.